The predicted molar refractivity (Wildman–Crippen MR) is 106 cm³/mol. The third-order valence-electron chi connectivity index (χ3n) is 5.34. The van der Waals surface area contributed by atoms with Crippen LogP contribution in [0, 0.1) is 23.2 Å². The van der Waals surface area contributed by atoms with Crippen molar-refractivity contribution in [2.45, 2.75) is 70.8 Å². The van der Waals surface area contributed by atoms with Crippen molar-refractivity contribution in [3.05, 3.63) is 34.9 Å². The highest BCUT2D eigenvalue weighted by Gasteiger charge is 2.41. The molecule has 0 fully saturated rings. The molecule has 1 aliphatic heterocycles. The number of benzene rings is 1. The van der Waals surface area contributed by atoms with E-state index in [1.807, 2.05) is 12.1 Å². The SMILES string of the molecule is CCCCCC1N=C(N)C(C#N)C(c2ccc(Cl)cc2)C1CCCC. The Morgan fingerprint density at radius 3 is 2.36 bits per heavy atom. The minimum absolute atomic E-state index is 0.109. The summed E-state index contributed by atoms with van der Waals surface area (Å²) in [4.78, 5) is 4.78. The molecule has 2 rings (SSSR count). The average Bonchev–Trinajstić information content (AvgIpc) is 2.61. The number of halogens is 1. The first-order valence-corrected chi connectivity index (χ1v) is 9.98. The van der Waals surface area contributed by atoms with Gasteiger partial charge in [-0.1, -0.05) is 69.7 Å². The minimum Gasteiger partial charge on any atom is -0.386 e. The van der Waals surface area contributed by atoms with Crippen LogP contribution >= 0.6 is 11.6 Å². The van der Waals surface area contributed by atoms with Gasteiger partial charge in [0, 0.05) is 10.9 Å². The first-order valence-electron chi connectivity index (χ1n) is 9.60. The number of amidine groups is 1. The van der Waals surface area contributed by atoms with Gasteiger partial charge in [-0.15, -0.1) is 0 Å². The average molecular weight is 360 g/mol. The predicted octanol–water partition coefficient (Wildman–Crippen LogP) is 5.69. The third kappa shape index (κ3) is 4.98. The second-order valence-corrected chi connectivity index (χ2v) is 7.54. The number of nitrogens with two attached hydrogens (primary N) is 1. The zero-order chi connectivity index (χ0) is 18.2. The van der Waals surface area contributed by atoms with E-state index in [0.717, 1.165) is 36.3 Å². The Morgan fingerprint density at radius 2 is 1.76 bits per heavy atom. The van der Waals surface area contributed by atoms with Crippen LogP contribution in [0.3, 0.4) is 0 Å². The number of hydrogen-bond donors (Lipinski definition) is 1. The summed E-state index contributed by atoms with van der Waals surface area (Å²) in [6.07, 6.45) is 8.06. The fraction of sp³-hybridized carbons (Fsp3) is 0.619. The standard InChI is InChI=1S/C21H30ClN3/c1-3-5-7-9-19-17(8-6-4-2)20(18(14-23)21(24)25-19)15-10-12-16(22)13-11-15/h10-13,17-20H,3-9H2,1-2H3,(H2,24,25). The van der Waals surface area contributed by atoms with Gasteiger partial charge < -0.3 is 5.73 Å². The number of rotatable bonds is 8. The molecule has 4 atom stereocenters. The molecule has 0 aliphatic carbocycles. The van der Waals surface area contributed by atoms with E-state index in [2.05, 4.69) is 32.0 Å². The largest absolute Gasteiger partial charge is 0.386 e. The Balaban J connectivity index is 2.36. The first kappa shape index (κ1) is 19.8. The van der Waals surface area contributed by atoms with Gasteiger partial charge in [0.25, 0.3) is 0 Å². The number of unbranched alkanes of at least 4 members (excludes halogenated alkanes) is 3. The molecular weight excluding hydrogens is 330 g/mol. The minimum atomic E-state index is -0.342. The van der Waals surface area contributed by atoms with Crippen LogP contribution in [0.25, 0.3) is 0 Å². The molecule has 25 heavy (non-hydrogen) atoms. The first-order chi connectivity index (χ1) is 12.1. The maximum Gasteiger partial charge on any atom is 0.112 e. The zero-order valence-corrected chi connectivity index (χ0v) is 16.2. The van der Waals surface area contributed by atoms with Gasteiger partial charge >= 0.3 is 0 Å². The monoisotopic (exact) mass is 359 g/mol. The smallest absolute Gasteiger partial charge is 0.112 e. The van der Waals surface area contributed by atoms with Gasteiger partial charge in [0.1, 0.15) is 11.8 Å². The highest BCUT2D eigenvalue weighted by molar-refractivity contribution is 6.30. The van der Waals surface area contributed by atoms with E-state index in [1.54, 1.807) is 0 Å². The summed E-state index contributed by atoms with van der Waals surface area (Å²) < 4.78 is 0. The topological polar surface area (TPSA) is 62.2 Å². The molecule has 0 saturated carbocycles. The summed E-state index contributed by atoms with van der Waals surface area (Å²) in [6, 6.07) is 10.6. The number of nitrogens with zero attached hydrogens (tertiary/aromatic N) is 2. The lowest BCUT2D eigenvalue weighted by atomic mass is 9.69. The van der Waals surface area contributed by atoms with Crippen molar-refractivity contribution >= 4 is 17.4 Å². The molecule has 4 unspecified atom stereocenters. The normalized spacial score (nSPS) is 26.1. The van der Waals surface area contributed by atoms with Crippen molar-refractivity contribution in [3.63, 3.8) is 0 Å². The fourth-order valence-corrected chi connectivity index (χ4v) is 4.13. The van der Waals surface area contributed by atoms with Crippen molar-refractivity contribution in [2.24, 2.45) is 22.6 Å². The Hall–Kier alpha value is -1.53. The van der Waals surface area contributed by atoms with Crippen molar-refractivity contribution in [1.82, 2.24) is 0 Å². The van der Waals surface area contributed by atoms with Crippen molar-refractivity contribution < 1.29 is 0 Å². The third-order valence-corrected chi connectivity index (χ3v) is 5.59. The van der Waals surface area contributed by atoms with E-state index in [1.165, 1.54) is 19.3 Å². The number of hydrogen-bond acceptors (Lipinski definition) is 3. The molecule has 2 N–H and O–H groups in total. The van der Waals surface area contributed by atoms with Crippen LogP contribution in [0.2, 0.25) is 5.02 Å². The molecule has 0 saturated heterocycles. The molecule has 1 aliphatic rings. The summed E-state index contributed by atoms with van der Waals surface area (Å²) in [6.45, 7) is 4.43. The molecule has 4 heteroatoms. The maximum atomic E-state index is 9.75. The van der Waals surface area contributed by atoms with Gasteiger partial charge in [0.2, 0.25) is 0 Å². The molecule has 136 valence electrons. The molecule has 0 bridgehead atoms. The van der Waals surface area contributed by atoms with E-state index >= 15 is 0 Å². The Morgan fingerprint density at radius 1 is 1.08 bits per heavy atom. The Kier molecular flexibility index (Phi) is 7.78. The van der Waals surface area contributed by atoms with E-state index in [0.29, 0.717) is 11.8 Å². The fourth-order valence-electron chi connectivity index (χ4n) is 4.00. The molecule has 0 amide bonds. The van der Waals surface area contributed by atoms with E-state index in [4.69, 9.17) is 22.3 Å². The molecular formula is C21H30ClN3. The second kappa shape index (κ2) is 9.82. The summed E-state index contributed by atoms with van der Waals surface area (Å²) in [5.41, 5.74) is 7.40. The summed E-state index contributed by atoms with van der Waals surface area (Å²) >= 11 is 6.07. The van der Waals surface area contributed by atoms with Crippen molar-refractivity contribution in [3.8, 4) is 6.07 Å². The van der Waals surface area contributed by atoms with Gasteiger partial charge in [-0.05, 0) is 36.5 Å². The lowest BCUT2D eigenvalue weighted by Gasteiger charge is -2.39. The second-order valence-electron chi connectivity index (χ2n) is 7.11. The highest BCUT2D eigenvalue weighted by Crippen LogP contribution is 2.43. The highest BCUT2D eigenvalue weighted by atomic mass is 35.5. The quantitative estimate of drug-likeness (QED) is 0.606. The van der Waals surface area contributed by atoms with Crippen molar-refractivity contribution in [2.75, 3.05) is 0 Å². The van der Waals surface area contributed by atoms with Crippen LogP contribution in [0.15, 0.2) is 29.3 Å². The van der Waals surface area contributed by atoms with Crippen LogP contribution in [-0.4, -0.2) is 11.9 Å². The summed E-state index contributed by atoms with van der Waals surface area (Å²) in [5.74, 6) is 0.648. The lowest BCUT2D eigenvalue weighted by Crippen LogP contribution is -2.42. The molecule has 1 heterocycles. The van der Waals surface area contributed by atoms with Gasteiger partial charge in [-0.25, -0.2) is 0 Å². The molecule has 3 nitrogen and oxygen atoms in total. The molecule has 1 aromatic carbocycles. The number of aliphatic imine (C=N–C) groups is 1. The van der Waals surface area contributed by atoms with Gasteiger partial charge in [-0.2, -0.15) is 5.26 Å². The molecule has 0 aromatic heterocycles. The van der Waals surface area contributed by atoms with Crippen LogP contribution < -0.4 is 5.73 Å². The Bertz CT molecular complexity index is 603. The lowest BCUT2D eigenvalue weighted by molar-refractivity contribution is 0.272. The van der Waals surface area contributed by atoms with Gasteiger partial charge in [0.15, 0.2) is 0 Å². The zero-order valence-electron chi connectivity index (χ0n) is 15.4. The van der Waals surface area contributed by atoms with Crippen molar-refractivity contribution in [1.29, 1.82) is 5.26 Å². The van der Waals surface area contributed by atoms with Gasteiger partial charge in [-0.3, -0.25) is 4.99 Å². The van der Waals surface area contributed by atoms with Crippen LogP contribution in [0.4, 0.5) is 0 Å². The number of nitriles is 1. The van der Waals surface area contributed by atoms with Crippen LogP contribution in [-0.2, 0) is 0 Å². The van der Waals surface area contributed by atoms with Crippen LogP contribution in [0.5, 0.6) is 0 Å². The molecule has 0 radical (unpaired) electrons. The summed E-state index contributed by atoms with van der Waals surface area (Å²) in [7, 11) is 0. The Labute approximate surface area is 157 Å². The summed E-state index contributed by atoms with van der Waals surface area (Å²) in [5, 5.41) is 10.5. The van der Waals surface area contributed by atoms with E-state index < -0.39 is 0 Å². The van der Waals surface area contributed by atoms with Gasteiger partial charge in [0.05, 0.1) is 12.1 Å². The van der Waals surface area contributed by atoms with E-state index in [-0.39, 0.29) is 17.9 Å². The maximum absolute atomic E-state index is 9.75. The van der Waals surface area contributed by atoms with E-state index in [9.17, 15) is 5.26 Å². The molecule has 1 aromatic rings. The molecule has 0 spiro atoms. The van der Waals surface area contributed by atoms with Crippen LogP contribution in [0.1, 0.15) is 70.3 Å².